The predicted molar refractivity (Wildman–Crippen MR) is 150 cm³/mol. The van der Waals surface area contributed by atoms with Gasteiger partial charge >= 0.3 is 0 Å². The van der Waals surface area contributed by atoms with Crippen molar-refractivity contribution in [3.05, 3.63) is 81.6 Å². The minimum atomic E-state index is -0.123. The third kappa shape index (κ3) is 4.22. The summed E-state index contributed by atoms with van der Waals surface area (Å²) in [5, 5.41) is 8.57. The molecule has 36 heavy (non-hydrogen) atoms. The number of benzene rings is 1. The van der Waals surface area contributed by atoms with E-state index >= 15 is 0 Å². The molecule has 9 heteroatoms. The number of pyridine rings is 2. The summed E-state index contributed by atoms with van der Waals surface area (Å²) < 4.78 is 2.97. The van der Waals surface area contributed by atoms with Crippen molar-refractivity contribution >= 4 is 45.0 Å². The molecule has 0 atom stereocenters. The van der Waals surface area contributed by atoms with Gasteiger partial charge in [0, 0.05) is 41.7 Å². The van der Waals surface area contributed by atoms with Crippen LogP contribution in [0.25, 0.3) is 38.6 Å². The highest BCUT2D eigenvalue weighted by atomic mass is 127. The first-order valence-corrected chi connectivity index (χ1v) is 13.4. The molecule has 0 saturated heterocycles. The molecule has 178 valence electrons. The van der Waals surface area contributed by atoms with Crippen LogP contribution in [-0.2, 0) is 17.6 Å². The normalized spacial score (nSPS) is 12.2. The molecule has 0 fully saturated rings. The summed E-state index contributed by atoms with van der Waals surface area (Å²) in [6.45, 7) is 3.49. The fourth-order valence-corrected chi connectivity index (χ4v) is 5.88. The first-order valence-electron chi connectivity index (χ1n) is 11.5. The van der Waals surface area contributed by atoms with Gasteiger partial charge in [-0.25, -0.2) is 14.6 Å². The van der Waals surface area contributed by atoms with Crippen molar-refractivity contribution in [1.82, 2.24) is 24.7 Å². The number of hydrogen-bond acceptors (Lipinski definition) is 6. The summed E-state index contributed by atoms with van der Waals surface area (Å²) in [6.07, 6.45) is 5.40. The molecule has 5 aromatic rings. The van der Waals surface area contributed by atoms with E-state index in [9.17, 15) is 4.79 Å². The van der Waals surface area contributed by atoms with E-state index in [0.29, 0.717) is 5.13 Å². The third-order valence-corrected chi connectivity index (χ3v) is 7.81. The number of thiazole rings is 1. The molecule has 1 N–H and O–H groups in total. The lowest BCUT2D eigenvalue weighted by Crippen LogP contribution is -2.07. The van der Waals surface area contributed by atoms with Gasteiger partial charge < -0.3 is 5.32 Å². The fourth-order valence-electron chi connectivity index (χ4n) is 4.44. The van der Waals surface area contributed by atoms with Gasteiger partial charge in [-0.1, -0.05) is 29.5 Å². The van der Waals surface area contributed by atoms with Crippen LogP contribution >= 0.6 is 33.9 Å². The maximum absolute atomic E-state index is 11.7. The molecule has 1 aliphatic carbocycles. The average molecular weight is 604 g/mol. The van der Waals surface area contributed by atoms with E-state index in [0.717, 1.165) is 66.6 Å². The highest BCUT2D eigenvalue weighted by molar-refractivity contribution is 14.1. The monoisotopic (exact) mass is 604 g/mol. The number of anilines is 1. The zero-order chi connectivity index (χ0) is 24.8. The Bertz CT molecular complexity index is 1590. The quantitative estimate of drug-likeness (QED) is 0.198. The Hall–Kier alpha value is -3.44. The fraction of sp³-hybridized carbons (Fsp3) is 0.148. The van der Waals surface area contributed by atoms with Gasteiger partial charge in [-0.15, -0.1) is 0 Å². The zero-order valence-corrected chi connectivity index (χ0v) is 22.6. The smallest absolute Gasteiger partial charge is 0.223 e. The van der Waals surface area contributed by atoms with Crippen LogP contribution in [0.3, 0.4) is 0 Å². The number of fused-ring (bicyclic) bond motifs is 3. The first-order chi connectivity index (χ1) is 17.5. The van der Waals surface area contributed by atoms with Crippen molar-refractivity contribution in [3.63, 3.8) is 0 Å². The number of aromatic nitrogens is 5. The van der Waals surface area contributed by atoms with E-state index in [4.69, 9.17) is 10.1 Å². The Balaban J connectivity index is 1.49. The van der Waals surface area contributed by atoms with Gasteiger partial charge in [0.1, 0.15) is 3.70 Å². The van der Waals surface area contributed by atoms with Crippen LogP contribution in [0, 0.1) is 10.6 Å². The molecule has 0 unspecified atom stereocenters. The second-order valence-corrected chi connectivity index (χ2v) is 10.8. The topological polar surface area (TPSA) is 85.6 Å². The van der Waals surface area contributed by atoms with Gasteiger partial charge in [0.15, 0.2) is 5.13 Å². The predicted octanol–water partition coefficient (Wildman–Crippen LogP) is 6.09. The van der Waals surface area contributed by atoms with Crippen LogP contribution in [0.4, 0.5) is 5.13 Å². The maximum atomic E-state index is 11.7. The number of carbonyl (C=O) groups excluding carboxylic acids is 1. The number of nitrogens with zero attached hydrogens (tertiary/aromatic N) is 5. The van der Waals surface area contributed by atoms with Crippen molar-refractivity contribution in [1.29, 1.82) is 0 Å². The van der Waals surface area contributed by atoms with Crippen molar-refractivity contribution in [2.45, 2.75) is 26.7 Å². The summed E-state index contributed by atoms with van der Waals surface area (Å²) in [5.74, 6) is -0.123. The SMILES string of the molecule is CC(=O)Nc1nc2c(s1)-c1c(c(-c3ccc(C)nc3)nn1-c1ccc(-c3ccc(I)nc3)cc1)CC2. The number of halogens is 1. The molecule has 4 heterocycles. The Morgan fingerprint density at radius 3 is 2.42 bits per heavy atom. The lowest BCUT2D eigenvalue weighted by Gasteiger charge is -2.14. The van der Waals surface area contributed by atoms with Crippen LogP contribution < -0.4 is 5.32 Å². The van der Waals surface area contributed by atoms with E-state index < -0.39 is 0 Å². The Morgan fingerprint density at radius 1 is 0.972 bits per heavy atom. The van der Waals surface area contributed by atoms with Crippen LogP contribution in [0.5, 0.6) is 0 Å². The summed E-state index contributed by atoms with van der Waals surface area (Å²) in [4.78, 5) is 26.3. The Kier molecular flexibility index (Phi) is 5.88. The lowest BCUT2D eigenvalue weighted by molar-refractivity contribution is -0.114. The molecular weight excluding hydrogens is 583 g/mol. The highest BCUT2D eigenvalue weighted by Crippen LogP contribution is 2.44. The molecule has 4 aromatic heterocycles. The number of amides is 1. The standard InChI is InChI=1S/C27H21IN6OS/c1-15-3-4-19(14-29-15)24-21-10-11-22-26(36-27(32-22)31-16(2)35)25(21)34(33-24)20-8-5-17(6-9-20)18-7-12-23(28)30-13-18/h3-9,12-14H,10-11H2,1-2H3,(H,31,32,35). The lowest BCUT2D eigenvalue weighted by atomic mass is 9.95. The summed E-state index contributed by atoms with van der Waals surface area (Å²) >= 11 is 3.71. The number of rotatable bonds is 4. The molecule has 0 saturated carbocycles. The molecular formula is C27H21IN6OS. The molecule has 1 amide bonds. The second-order valence-electron chi connectivity index (χ2n) is 8.67. The van der Waals surface area contributed by atoms with Gasteiger partial charge in [-0.2, -0.15) is 5.10 Å². The average Bonchev–Trinajstić information content (AvgIpc) is 3.46. The van der Waals surface area contributed by atoms with Crippen LogP contribution in [-0.4, -0.2) is 30.6 Å². The molecule has 1 aliphatic rings. The number of hydrogen-bond donors (Lipinski definition) is 1. The van der Waals surface area contributed by atoms with Crippen molar-refractivity contribution in [2.75, 3.05) is 5.32 Å². The van der Waals surface area contributed by atoms with Crippen LogP contribution in [0.1, 0.15) is 23.9 Å². The minimum Gasteiger partial charge on any atom is -0.302 e. The number of nitrogens with one attached hydrogen (secondary N) is 1. The largest absolute Gasteiger partial charge is 0.302 e. The van der Waals surface area contributed by atoms with E-state index in [-0.39, 0.29) is 5.91 Å². The van der Waals surface area contributed by atoms with Crippen molar-refractivity contribution < 1.29 is 4.79 Å². The van der Waals surface area contributed by atoms with E-state index in [1.807, 2.05) is 36.1 Å². The van der Waals surface area contributed by atoms with Gasteiger partial charge in [0.2, 0.25) is 5.91 Å². The molecule has 0 aliphatic heterocycles. The van der Waals surface area contributed by atoms with Crippen LogP contribution in [0.2, 0.25) is 0 Å². The third-order valence-electron chi connectivity index (χ3n) is 6.15. The molecule has 1 aromatic carbocycles. The van der Waals surface area contributed by atoms with E-state index in [1.165, 1.54) is 23.8 Å². The molecule has 7 nitrogen and oxygen atoms in total. The molecule has 6 rings (SSSR count). The minimum absolute atomic E-state index is 0.123. The van der Waals surface area contributed by atoms with Crippen molar-refractivity contribution in [2.24, 2.45) is 0 Å². The molecule has 0 spiro atoms. The Morgan fingerprint density at radius 2 is 1.72 bits per heavy atom. The van der Waals surface area contributed by atoms with Crippen LogP contribution in [0.15, 0.2) is 60.9 Å². The molecule has 0 radical (unpaired) electrons. The number of aryl methyl sites for hydroxylation is 2. The summed E-state index contributed by atoms with van der Waals surface area (Å²) in [7, 11) is 0. The highest BCUT2D eigenvalue weighted by Gasteiger charge is 2.30. The van der Waals surface area contributed by atoms with Crippen molar-refractivity contribution in [3.8, 4) is 38.6 Å². The second kappa shape index (κ2) is 9.21. The van der Waals surface area contributed by atoms with E-state index in [1.54, 1.807) is 0 Å². The van der Waals surface area contributed by atoms with Gasteiger partial charge in [-0.05, 0) is 78.3 Å². The Labute approximate surface area is 225 Å². The molecule has 0 bridgehead atoms. The van der Waals surface area contributed by atoms with E-state index in [2.05, 4.69) is 74.3 Å². The van der Waals surface area contributed by atoms with Gasteiger partial charge in [-0.3, -0.25) is 9.78 Å². The maximum Gasteiger partial charge on any atom is 0.223 e. The summed E-state index contributed by atoms with van der Waals surface area (Å²) in [6, 6.07) is 16.5. The first kappa shape index (κ1) is 23.0. The zero-order valence-electron chi connectivity index (χ0n) is 19.6. The number of carbonyl (C=O) groups is 1. The summed E-state index contributed by atoms with van der Waals surface area (Å²) in [5.41, 5.74) is 9.23. The van der Waals surface area contributed by atoms with Gasteiger partial charge in [0.25, 0.3) is 0 Å². The van der Waals surface area contributed by atoms with Gasteiger partial charge in [0.05, 0.1) is 27.6 Å².